The third-order valence-corrected chi connectivity index (χ3v) is 3.68. The second kappa shape index (κ2) is 12.3. The van der Waals surface area contributed by atoms with Gasteiger partial charge in [0.25, 0.3) is 0 Å². The first-order valence-corrected chi connectivity index (χ1v) is 8.94. The van der Waals surface area contributed by atoms with Crippen molar-refractivity contribution < 1.29 is 19.0 Å². The van der Waals surface area contributed by atoms with Crippen molar-refractivity contribution in [2.24, 2.45) is 4.99 Å². The van der Waals surface area contributed by atoms with Gasteiger partial charge >= 0.3 is 6.09 Å². The van der Waals surface area contributed by atoms with Gasteiger partial charge in [0.05, 0.1) is 5.71 Å². The Bertz CT molecular complexity index is 808. The van der Waals surface area contributed by atoms with Crippen LogP contribution in [0.5, 0.6) is 5.75 Å². The summed E-state index contributed by atoms with van der Waals surface area (Å²) in [4.78, 5) is 15.2. The number of ether oxygens (including phenoxy) is 1. The van der Waals surface area contributed by atoms with Gasteiger partial charge in [-0.3, -0.25) is 10.3 Å². The van der Waals surface area contributed by atoms with E-state index in [1.54, 1.807) is 18.2 Å². The number of alkyl halides is 1. The second-order valence-electron chi connectivity index (χ2n) is 5.81. The summed E-state index contributed by atoms with van der Waals surface area (Å²) in [5, 5.41) is 11.1. The van der Waals surface area contributed by atoms with Crippen LogP contribution in [0.2, 0.25) is 0 Å². The van der Waals surface area contributed by atoms with Crippen LogP contribution in [0.4, 0.5) is 9.18 Å². The molecule has 0 spiro atoms. The number of allylic oxidation sites excluding steroid dienone is 5. The van der Waals surface area contributed by atoms with Crippen molar-refractivity contribution in [2.75, 3.05) is 19.8 Å². The number of carbonyl (C=O) groups is 1. The van der Waals surface area contributed by atoms with E-state index < -0.39 is 12.8 Å². The fraction of sp³-hybridized carbons (Fsp3) is 0.273. The van der Waals surface area contributed by atoms with Gasteiger partial charge in [0.2, 0.25) is 0 Å². The lowest BCUT2D eigenvalue weighted by Crippen LogP contribution is -2.22. The summed E-state index contributed by atoms with van der Waals surface area (Å²) in [5.41, 5.74) is 3.34. The van der Waals surface area contributed by atoms with Crippen LogP contribution in [0, 0.1) is 6.92 Å². The molecule has 0 aliphatic rings. The summed E-state index contributed by atoms with van der Waals surface area (Å²) >= 11 is 0. The molecule has 1 aromatic carbocycles. The summed E-state index contributed by atoms with van der Waals surface area (Å²) in [6.45, 7) is 9.63. The SMILES string of the molecule is C=C(NC(=O)O)/C(=C\C=C/C)COc1ccc(C(/C=C\CF)=N/CC)cc1C. The topological polar surface area (TPSA) is 70.9 Å². The molecule has 2 N–H and O–H groups in total. The van der Waals surface area contributed by atoms with Crippen LogP contribution in [-0.2, 0) is 0 Å². The predicted molar refractivity (Wildman–Crippen MR) is 112 cm³/mol. The lowest BCUT2D eigenvalue weighted by molar-refractivity contribution is 0.197. The Morgan fingerprint density at radius 3 is 2.75 bits per heavy atom. The van der Waals surface area contributed by atoms with Gasteiger partial charge in [0.15, 0.2) is 0 Å². The highest BCUT2D eigenvalue weighted by Crippen LogP contribution is 2.21. The summed E-state index contributed by atoms with van der Waals surface area (Å²) in [6.07, 6.45) is 7.27. The molecular formula is C22H27FN2O3. The van der Waals surface area contributed by atoms with Gasteiger partial charge in [0, 0.05) is 23.4 Å². The number of nitrogens with one attached hydrogen (secondary N) is 1. The normalized spacial score (nSPS) is 12.6. The maximum absolute atomic E-state index is 12.4. The zero-order valence-electron chi connectivity index (χ0n) is 16.5. The molecule has 1 rings (SSSR count). The monoisotopic (exact) mass is 386 g/mol. The van der Waals surface area contributed by atoms with E-state index in [9.17, 15) is 9.18 Å². The van der Waals surface area contributed by atoms with Crippen molar-refractivity contribution >= 4 is 11.8 Å². The van der Waals surface area contributed by atoms with Crippen molar-refractivity contribution in [1.82, 2.24) is 5.32 Å². The summed E-state index contributed by atoms with van der Waals surface area (Å²) in [5.74, 6) is 0.656. The Labute approximate surface area is 165 Å². The Morgan fingerprint density at radius 2 is 2.18 bits per heavy atom. The summed E-state index contributed by atoms with van der Waals surface area (Å²) in [7, 11) is 0. The molecule has 0 aromatic heterocycles. The first-order chi connectivity index (χ1) is 13.4. The molecule has 150 valence electrons. The maximum Gasteiger partial charge on any atom is 0.409 e. The van der Waals surface area contributed by atoms with Gasteiger partial charge in [-0.05, 0) is 50.6 Å². The highest BCUT2D eigenvalue weighted by Gasteiger charge is 2.09. The number of benzene rings is 1. The Hall–Kier alpha value is -3.15. The minimum Gasteiger partial charge on any atom is -0.489 e. The van der Waals surface area contributed by atoms with E-state index in [0.29, 0.717) is 23.6 Å². The summed E-state index contributed by atoms with van der Waals surface area (Å²) in [6, 6.07) is 5.60. The molecule has 0 radical (unpaired) electrons. The molecule has 0 heterocycles. The van der Waals surface area contributed by atoms with Crippen LogP contribution in [0.25, 0.3) is 0 Å². The minimum atomic E-state index is -1.18. The van der Waals surface area contributed by atoms with Gasteiger partial charge < -0.3 is 9.84 Å². The van der Waals surface area contributed by atoms with Crippen molar-refractivity contribution in [3.8, 4) is 5.75 Å². The van der Waals surface area contributed by atoms with Crippen LogP contribution in [0.15, 0.2) is 71.4 Å². The fourth-order valence-electron chi connectivity index (χ4n) is 2.35. The summed E-state index contributed by atoms with van der Waals surface area (Å²) < 4.78 is 18.3. The Kier molecular flexibility index (Phi) is 10.0. The number of amides is 1. The zero-order valence-corrected chi connectivity index (χ0v) is 16.5. The zero-order chi connectivity index (χ0) is 20.9. The first kappa shape index (κ1) is 22.9. The fourth-order valence-corrected chi connectivity index (χ4v) is 2.35. The van der Waals surface area contributed by atoms with Gasteiger partial charge in [-0.2, -0.15) is 0 Å². The number of hydrogen-bond acceptors (Lipinski definition) is 3. The predicted octanol–water partition coefficient (Wildman–Crippen LogP) is 4.99. The van der Waals surface area contributed by atoms with Gasteiger partial charge in [0.1, 0.15) is 19.0 Å². The molecule has 0 atom stereocenters. The standard InChI is InChI=1S/C22H27FN2O3/c1-5-7-9-19(17(4)25-22(26)27)15-28-21-12-11-18(14-16(21)3)20(24-6-2)10-8-13-23/h5,7-12,14,25H,4,6,13,15H2,1-3H3,(H,26,27)/b7-5-,10-8-,19-9-,24-20+. The molecule has 28 heavy (non-hydrogen) atoms. The van der Waals surface area contributed by atoms with Crippen molar-refractivity contribution in [3.05, 3.63) is 77.6 Å². The molecule has 5 nitrogen and oxygen atoms in total. The molecule has 0 aliphatic heterocycles. The molecule has 6 heteroatoms. The molecule has 0 fully saturated rings. The average Bonchev–Trinajstić information content (AvgIpc) is 2.65. The highest BCUT2D eigenvalue weighted by atomic mass is 19.1. The molecule has 0 saturated heterocycles. The first-order valence-electron chi connectivity index (χ1n) is 8.94. The average molecular weight is 386 g/mol. The Balaban J connectivity index is 2.99. The van der Waals surface area contributed by atoms with Crippen LogP contribution in [-0.4, -0.2) is 36.7 Å². The third kappa shape index (κ3) is 7.61. The molecule has 0 bridgehead atoms. The lowest BCUT2D eigenvalue weighted by atomic mass is 10.1. The van der Waals surface area contributed by atoms with Gasteiger partial charge in [-0.1, -0.05) is 30.9 Å². The number of aliphatic imine (C=N–C) groups is 1. The largest absolute Gasteiger partial charge is 0.489 e. The van der Waals surface area contributed by atoms with E-state index >= 15 is 0 Å². The molecule has 0 aliphatic carbocycles. The molecule has 0 saturated carbocycles. The van der Waals surface area contributed by atoms with E-state index in [2.05, 4.69) is 16.9 Å². The molecule has 1 amide bonds. The number of nitrogens with zero attached hydrogens (tertiary/aromatic N) is 1. The van der Waals surface area contributed by atoms with Gasteiger partial charge in [-0.25, -0.2) is 9.18 Å². The lowest BCUT2D eigenvalue weighted by Gasteiger charge is -2.14. The van der Waals surface area contributed by atoms with Crippen LogP contribution in [0.1, 0.15) is 25.0 Å². The van der Waals surface area contributed by atoms with Crippen LogP contribution < -0.4 is 10.1 Å². The number of halogens is 1. The Morgan fingerprint density at radius 1 is 1.43 bits per heavy atom. The second-order valence-corrected chi connectivity index (χ2v) is 5.81. The minimum absolute atomic E-state index is 0.154. The molecule has 1 aromatic rings. The maximum atomic E-state index is 12.4. The van der Waals surface area contributed by atoms with Crippen molar-refractivity contribution in [3.63, 3.8) is 0 Å². The van der Waals surface area contributed by atoms with Crippen molar-refractivity contribution in [1.29, 1.82) is 0 Å². The smallest absolute Gasteiger partial charge is 0.409 e. The van der Waals surface area contributed by atoms with E-state index in [1.807, 2.05) is 45.0 Å². The number of carboxylic acid groups (broad SMARTS) is 1. The van der Waals surface area contributed by atoms with E-state index in [-0.39, 0.29) is 12.3 Å². The van der Waals surface area contributed by atoms with Crippen molar-refractivity contribution in [2.45, 2.75) is 20.8 Å². The number of hydrogen-bond donors (Lipinski definition) is 2. The quantitative estimate of drug-likeness (QED) is 0.439. The number of rotatable bonds is 10. The number of aryl methyl sites for hydroxylation is 1. The van der Waals surface area contributed by atoms with E-state index in [1.165, 1.54) is 6.08 Å². The van der Waals surface area contributed by atoms with E-state index in [0.717, 1.165) is 11.1 Å². The molecular weight excluding hydrogens is 359 g/mol. The molecule has 0 unspecified atom stereocenters. The van der Waals surface area contributed by atoms with E-state index in [4.69, 9.17) is 9.84 Å². The highest BCUT2D eigenvalue weighted by molar-refractivity contribution is 6.08. The van der Waals surface area contributed by atoms with Crippen LogP contribution >= 0.6 is 0 Å². The third-order valence-electron chi connectivity index (χ3n) is 3.68. The van der Waals surface area contributed by atoms with Crippen LogP contribution in [0.3, 0.4) is 0 Å². The van der Waals surface area contributed by atoms with Gasteiger partial charge in [-0.15, -0.1) is 0 Å².